The van der Waals surface area contributed by atoms with Gasteiger partial charge in [0.05, 0.1) is 12.0 Å². The van der Waals surface area contributed by atoms with Crippen molar-refractivity contribution in [2.24, 2.45) is 23.2 Å². The molecule has 4 heteroatoms. The van der Waals surface area contributed by atoms with E-state index in [0.717, 1.165) is 37.0 Å². The van der Waals surface area contributed by atoms with Gasteiger partial charge in [0.2, 0.25) is 5.91 Å². The summed E-state index contributed by atoms with van der Waals surface area (Å²) in [7, 11) is 0. The van der Waals surface area contributed by atoms with Crippen molar-refractivity contribution in [3.05, 3.63) is 0 Å². The molecule has 0 N–H and O–H groups in total. The first-order valence-electron chi connectivity index (χ1n) is 7.15. The molecule has 5 rings (SSSR count). The van der Waals surface area contributed by atoms with Gasteiger partial charge in [-0.15, -0.1) is 0 Å². The van der Waals surface area contributed by atoms with Crippen LogP contribution in [0.2, 0.25) is 0 Å². The minimum atomic E-state index is -0.421. The molecule has 1 heterocycles. The van der Waals surface area contributed by atoms with Crippen molar-refractivity contribution in [3.8, 4) is 0 Å². The van der Waals surface area contributed by atoms with Crippen LogP contribution < -0.4 is 0 Å². The Morgan fingerprint density at radius 1 is 1.11 bits per heavy atom. The van der Waals surface area contributed by atoms with Crippen molar-refractivity contribution in [1.82, 2.24) is 4.90 Å². The molecule has 18 heavy (non-hydrogen) atoms. The molecule has 0 spiro atoms. The summed E-state index contributed by atoms with van der Waals surface area (Å²) in [6, 6.07) is 0. The number of ether oxygens (including phenoxy) is 1. The van der Waals surface area contributed by atoms with Crippen LogP contribution in [-0.4, -0.2) is 30.1 Å². The maximum absolute atomic E-state index is 12.7. The van der Waals surface area contributed by atoms with Gasteiger partial charge in [0.15, 0.2) is 0 Å². The molecule has 4 saturated carbocycles. The lowest BCUT2D eigenvalue weighted by Crippen LogP contribution is -2.54. The van der Waals surface area contributed by atoms with Gasteiger partial charge in [-0.05, 0) is 56.3 Å². The average molecular weight is 249 g/mol. The number of amides is 2. The third kappa shape index (κ3) is 1.38. The Morgan fingerprint density at radius 3 is 2.11 bits per heavy atom. The average Bonchev–Trinajstić information content (AvgIpc) is 2.72. The zero-order valence-corrected chi connectivity index (χ0v) is 10.6. The number of carbonyl (C=O) groups is 2. The van der Waals surface area contributed by atoms with Crippen molar-refractivity contribution >= 4 is 12.0 Å². The molecule has 0 aromatic rings. The first-order chi connectivity index (χ1) is 8.66. The maximum atomic E-state index is 12.7. The van der Waals surface area contributed by atoms with Crippen LogP contribution in [0, 0.1) is 23.2 Å². The number of rotatable bonds is 1. The second kappa shape index (κ2) is 3.49. The van der Waals surface area contributed by atoms with Crippen molar-refractivity contribution in [2.75, 3.05) is 13.2 Å². The van der Waals surface area contributed by atoms with Gasteiger partial charge < -0.3 is 4.74 Å². The molecule has 98 valence electrons. The molecule has 4 bridgehead atoms. The minimum Gasteiger partial charge on any atom is -0.447 e. The van der Waals surface area contributed by atoms with E-state index in [1.165, 1.54) is 24.2 Å². The molecule has 5 aliphatic rings. The normalized spacial score (nSPS) is 45.4. The Hall–Kier alpha value is -1.06. The first kappa shape index (κ1) is 10.8. The highest BCUT2D eigenvalue weighted by atomic mass is 16.6. The van der Waals surface area contributed by atoms with Gasteiger partial charge in [-0.3, -0.25) is 4.79 Å². The number of cyclic esters (lactones) is 1. The van der Waals surface area contributed by atoms with Crippen LogP contribution in [0.15, 0.2) is 0 Å². The van der Waals surface area contributed by atoms with Crippen LogP contribution in [0.5, 0.6) is 0 Å². The SMILES string of the molecule is O=C1OCCN1C(=O)C12CC3CC(CC(C3)C1)C2. The van der Waals surface area contributed by atoms with Crippen LogP contribution in [0.1, 0.15) is 38.5 Å². The van der Waals surface area contributed by atoms with E-state index in [9.17, 15) is 9.59 Å². The Morgan fingerprint density at radius 2 is 1.67 bits per heavy atom. The molecule has 4 aliphatic carbocycles. The van der Waals surface area contributed by atoms with Gasteiger partial charge in [0.1, 0.15) is 6.61 Å². The highest BCUT2D eigenvalue weighted by molar-refractivity contribution is 5.96. The number of hydrogen-bond donors (Lipinski definition) is 0. The Balaban J connectivity index is 1.63. The lowest BCUT2D eigenvalue weighted by atomic mass is 9.49. The third-order valence-electron chi connectivity index (χ3n) is 5.50. The van der Waals surface area contributed by atoms with Gasteiger partial charge in [0.25, 0.3) is 0 Å². The zero-order chi connectivity index (χ0) is 12.3. The zero-order valence-electron chi connectivity index (χ0n) is 10.6. The second-order valence-corrected chi connectivity index (χ2v) is 6.77. The predicted molar refractivity (Wildman–Crippen MR) is 63.7 cm³/mol. The summed E-state index contributed by atoms with van der Waals surface area (Å²) in [4.78, 5) is 25.7. The van der Waals surface area contributed by atoms with E-state index < -0.39 is 6.09 Å². The lowest BCUT2D eigenvalue weighted by molar-refractivity contribution is -0.153. The highest BCUT2D eigenvalue weighted by Crippen LogP contribution is 2.60. The topological polar surface area (TPSA) is 46.6 Å². The highest BCUT2D eigenvalue weighted by Gasteiger charge is 2.56. The van der Waals surface area contributed by atoms with Crippen molar-refractivity contribution in [2.45, 2.75) is 38.5 Å². The van der Waals surface area contributed by atoms with Gasteiger partial charge in [0, 0.05) is 0 Å². The molecule has 4 nitrogen and oxygen atoms in total. The van der Waals surface area contributed by atoms with Crippen LogP contribution >= 0.6 is 0 Å². The molecule has 0 aromatic heterocycles. The maximum Gasteiger partial charge on any atom is 0.416 e. The summed E-state index contributed by atoms with van der Waals surface area (Å²) < 4.78 is 4.92. The Labute approximate surface area is 107 Å². The predicted octanol–water partition coefficient (Wildman–Crippen LogP) is 2.18. The quantitative estimate of drug-likeness (QED) is 0.715. The summed E-state index contributed by atoms with van der Waals surface area (Å²) in [6.45, 7) is 0.830. The van der Waals surface area contributed by atoms with Gasteiger partial charge in [-0.2, -0.15) is 0 Å². The monoisotopic (exact) mass is 249 g/mol. The standard InChI is InChI=1S/C14H19NO3/c16-12(15-1-2-18-13(15)17)14-6-9-3-10(7-14)5-11(4-9)8-14/h9-11H,1-8H2. The van der Waals surface area contributed by atoms with E-state index in [4.69, 9.17) is 4.74 Å². The van der Waals surface area contributed by atoms with Gasteiger partial charge in [-0.1, -0.05) is 0 Å². The Bertz CT molecular complexity index is 382. The van der Waals surface area contributed by atoms with E-state index >= 15 is 0 Å². The van der Waals surface area contributed by atoms with Crippen LogP contribution in [0.3, 0.4) is 0 Å². The summed E-state index contributed by atoms with van der Waals surface area (Å²) >= 11 is 0. The number of imide groups is 1. The van der Waals surface area contributed by atoms with Gasteiger partial charge >= 0.3 is 6.09 Å². The van der Waals surface area contributed by atoms with E-state index in [0.29, 0.717) is 13.2 Å². The molecular formula is C14H19NO3. The lowest BCUT2D eigenvalue weighted by Gasteiger charge is -2.56. The largest absolute Gasteiger partial charge is 0.447 e. The molecule has 5 fully saturated rings. The van der Waals surface area contributed by atoms with E-state index in [2.05, 4.69) is 0 Å². The minimum absolute atomic E-state index is 0.0732. The summed E-state index contributed by atoms with van der Waals surface area (Å²) in [5.41, 5.74) is -0.210. The third-order valence-corrected chi connectivity index (χ3v) is 5.50. The fraction of sp³-hybridized carbons (Fsp3) is 0.857. The van der Waals surface area contributed by atoms with Crippen LogP contribution in [0.4, 0.5) is 4.79 Å². The van der Waals surface area contributed by atoms with Crippen molar-refractivity contribution in [1.29, 1.82) is 0 Å². The Kier molecular flexibility index (Phi) is 2.10. The van der Waals surface area contributed by atoms with E-state index in [1.54, 1.807) is 0 Å². The molecule has 0 atom stereocenters. The van der Waals surface area contributed by atoms with Crippen molar-refractivity contribution < 1.29 is 14.3 Å². The first-order valence-corrected chi connectivity index (χ1v) is 7.15. The van der Waals surface area contributed by atoms with Gasteiger partial charge in [-0.25, -0.2) is 9.69 Å². The summed E-state index contributed by atoms with van der Waals surface area (Å²) in [5, 5.41) is 0. The van der Waals surface area contributed by atoms with Crippen LogP contribution in [-0.2, 0) is 9.53 Å². The summed E-state index contributed by atoms with van der Waals surface area (Å²) in [5.74, 6) is 2.28. The smallest absolute Gasteiger partial charge is 0.416 e. The molecule has 0 unspecified atom stereocenters. The molecule has 2 amide bonds. The molecule has 0 aromatic carbocycles. The number of hydrogen-bond acceptors (Lipinski definition) is 3. The summed E-state index contributed by atoms with van der Waals surface area (Å²) in [6.07, 6.45) is 6.58. The van der Waals surface area contributed by atoms with E-state index in [-0.39, 0.29) is 11.3 Å². The van der Waals surface area contributed by atoms with Crippen molar-refractivity contribution in [3.63, 3.8) is 0 Å². The second-order valence-electron chi connectivity index (χ2n) is 6.77. The molecule has 0 radical (unpaired) electrons. The van der Waals surface area contributed by atoms with Crippen LogP contribution in [0.25, 0.3) is 0 Å². The molecule has 1 aliphatic heterocycles. The fourth-order valence-corrected chi connectivity index (χ4v) is 5.24. The molecular weight excluding hydrogens is 230 g/mol. The van der Waals surface area contributed by atoms with E-state index in [1.807, 2.05) is 0 Å². The fourth-order valence-electron chi connectivity index (χ4n) is 5.24. The molecule has 1 saturated heterocycles. The number of carbonyl (C=O) groups excluding carboxylic acids is 2. The number of nitrogens with zero attached hydrogens (tertiary/aromatic N) is 1.